The van der Waals surface area contributed by atoms with Gasteiger partial charge in [0, 0.05) is 22.3 Å². The van der Waals surface area contributed by atoms with Crippen LogP contribution in [0.5, 0.6) is 0 Å². The Kier molecular flexibility index (Phi) is 7.64. The Morgan fingerprint density at radius 2 is 1.06 bits per heavy atom. The molecule has 0 radical (unpaired) electrons. The predicted molar refractivity (Wildman–Crippen MR) is 119 cm³/mol. The Bertz CT molecular complexity index is 1080. The zero-order valence-corrected chi connectivity index (χ0v) is 17.7. The lowest BCUT2D eigenvalue weighted by Gasteiger charge is -2.04. The molecule has 0 saturated heterocycles. The monoisotopic (exact) mass is 474 g/mol. The molecule has 3 aromatic carbocycles. The van der Waals surface area contributed by atoms with Crippen molar-refractivity contribution in [1.29, 1.82) is 0 Å². The molecule has 0 saturated carbocycles. The molecule has 0 heterocycles. The number of rotatable bonds is 6. The third kappa shape index (κ3) is 5.75. The molecule has 2 amide bonds. The van der Waals surface area contributed by atoms with Crippen LogP contribution < -0.4 is 10.9 Å². The van der Waals surface area contributed by atoms with Crippen molar-refractivity contribution < 1.29 is 18.4 Å². The van der Waals surface area contributed by atoms with Crippen LogP contribution >= 0.6 is 23.2 Å². The Labute approximate surface area is 191 Å². The van der Waals surface area contributed by atoms with Gasteiger partial charge < -0.3 is 0 Å². The summed E-state index contributed by atoms with van der Waals surface area (Å²) in [6.45, 7) is 0. The molecule has 0 fully saturated rings. The molecular formula is C22H14Cl2F2N4O2. The number of halogens is 4. The maximum absolute atomic E-state index is 13.7. The molecule has 0 aliphatic heterocycles. The smallest absolute Gasteiger partial charge is 0.267 e. The summed E-state index contributed by atoms with van der Waals surface area (Å²) in [5.41, 5.74) is 4.99. The number of carbonyl (C=O) groups excluding carboxylic acids is 2. The second kappa shape index (κ2) is 10.6. The first kappa shape index (κ1) is 23.1. The van der Waals surface area contributed by atoms with E-state index in [1.807, 2.05) is 0 Å². The molecule has 3 rings (SSSR count). The van der Waals surface area contributed by atoms with Gasteiger partial charge in [-0.25, -0.2) is 19.6 Å². The lowest BCUT2D eigenvalue weighted by Crippen LogP contribution is -2.20. The Balaban J connectivity index is 1.59. The van der Waals surface area contributed by atoms with E-state index in [4.69, 9.17) is 23.2 Å². The molecule has 162 valence electrons. The normalized spacial score (nSPS) is 11.1. The molecule has 0 atom stereocenters. The van der Waals surface area contributed by atoms with Crippen LogP contribution in [-0.4, -0.2) is 24.2 Å². The van der Waals surface area contributed by atoms with Gasteiger partial charge in [-0.3, -0.25) is 9.59 Å². The first-order chi connectivity index (χ1) is 15.4. The summed E-state index contributed by atoms with van der Waals surface area (Å²) in [4.78, 5) is 24.3. The van der Waals surface area contributed by atoms with Gasteiger partial charge in [-0.1, -0.05) is 35.3 Å². The van der Waals surface area contributed by atoms with Gasteiger partial charge in [-0.2, -0.15) is 10.2 Å². The number of hydrazone groups is 2. The van der Waals surface area contributed by atoms with Gasteiger partial charge in [0.1, 0.15) is 11.6 Å². The van der Waals surface area contributed by atoms with E-state index in [1.165, 1.54) is 60.7 Å². The average Bonchev–Trinajstić information content (AvgIpc) is 2.77. The number of benzene rings is 3. The van der Waals surface area contributed by atoms with Crippen molar-refractivity contribution in [2.45, 2.75) is 0 Å². The van der Waals surface area contributed by atoms with Gasteiger partial charge in [0.2, 0.25) is 0 Å². The minimum atomic E-state index is -0.578. The molecule has 0 aromatic heterocycles. The summed E-state index contributed by atoms with van der Waals surface area (Å²) in [7, 11) is 0. The summed E-state index contributed by atoms with van der Waals surface area (Å²) in [5.74, 6) is -2.31. The largest absolute Gasteiger partial charge is 0.271 e. The van der Waals surface area contributed by atoms with E-state index in [0.29, 0.717) is 0 Å². The molecule has 32 heavy (non-hydrogen) atoms. The molecule has 6 nitrogen and oxygen atoms in total. The second-order valence-corrected chi connectivity index (χ2v) is 7.06. The fourth-order valence-electron chi connectivity index (χ4n) is 2.48. The van der Waals surface area contributed by atoms with Crippen molar-refractivity contribution >= 4 is 47.4 Å². The maximum atomic E-state index is 13.7. The van der Waals surface area contributed by atoms with Crippen molar-refractivity contribution in [1.82, 2.24) is 10.9 Å². The Morgan fingerprint density at radius 1 is 0.688 bits per heavy atom. The van der Waals surface area contributed by atoms with E-state index in [2.05, 4.69) is 21.1 Å². The van der Waals surface area contributed by atoms with Gasteiger partial charge in [-0.05, 0) is 48.5 Å². The van der Waals surface area contributed by atoms with Gasteiger partial charge in [0.25, 0.3) is 11.8 Å². The fraction of sp³-hybridized carbons (Fsp3) is 0. The summed E-state index contributed by atoms with van der Waals surface area (Å²) < 4.78 is 27.4. The van der Waals surface area contributed by atoms with Crippen LogP contribution in [0.15, 0.2) is 70.9 Å². The number of hydrogen-bond acceptors (Lipinski definition) is 4. The van der Waals surface area contributed by atoms with Crippen LogP contribution in [0.4, 0.5) is 8.78 Å². The van der Waals surface area contributed by atoms with Crippen molar-refractivity contribution in [2.75, 3.05) is 0 Å². The molecule has 0 spiro atoms. The second-order valence-electron chi connectivity index (χ2n) is 6.25. The molecule has 0 aliphatic rings. The van der Waals surface area contributed by atoms with Gasteiger partial charge in [0.05, 0.1) is 22.5 Å². The van der Waals surface area contributed by atoms with E-state index in [-0.39, 0.29) is 32.3 Å². The lowest BCUT2D eigenvalue weighted by atomic mass is 10.1. The Hall–Kier alpha value is -3.62. The highest BCUT2D eigenvalue weighted by molar-refractivity contribution is 6.33. The standard InChI is InChI=1S/C22H14Cl2F2N4O2/c23-17-3-1-5-19(25)15(17)11-27-29-21(31)13-7-9-14(10-8-13)22(32)30-28-12-16-18(24)4-2-6-20(16)26/h1-12H,(H,29,31)(H,30,32). The van der Waals surface area contributed by atoms with Crippen molar-refractivity contribution in [3.8, 4) is 0 Å². The van der Waals surface area contributed by atoms with Crippen molar-refractivity contribution in [2.24, 2.45) is 10.2 Å². The minimum Gasteiger partial charge on any atom is -0.267 e. The van der Waals surface area contributed by atoms with E-state index in [1.54, 1.807) is 0 Å². The van der Waals surface area contributed by atoms with Gasteiger partial charge in [0.15, 0.2) is 0 Å². The predicted octanol–water partition coefficient (Wildman–Crippen LogP) is 4.80. The number of nitrogens with zero attached hydrogens (tertiary/aromatic N) is 2. The van der Waals surface area contributed by atoms with Crippen molar-refractivity contribution in [3.63, 3.8) is 0 Å². The summed E-state index contributed by atoms with van der Waals surface area (Å²) in [5, 5.41) is 7.69. The zero-order chi connectivity index (χ0) is 23.1. The highest BCUT2D eigenvalue weighted by atomic mass is 35.5. The van der Waals surface area contributed by atoms with Gasteiger partial charge in [-0.15, -0.1) is 0 Å². The first-order valence-corrected chi connectivity index (χ1v) is 9.77. The summed E-state index contributed by atoms with van der Waals surface area (Å²) >= 11 is 11.8. The molecule has 0 bridgehead atoms. The summed E-state index contributed by atoms with van der Waals surface area (Å²) in [6.07, 6.45) is 2.19. The third-order valence-corrected chi connectivity index (χ3v) is 4.79. The van der Waals surface area contributed by atoms with Crippen LogP contribution in [0.3, 0.4) is 0 Å². The van der Waals surface area contributed by atoms with E-state index in [0.717, 1.165) is 12.4 Å². The number of nitrogens with one attached hydrogen (secondary N) is 2. The van der Waals surface area contributed by atoms with E-state index >= 15 is 0 Å². The zero-order valence-electron chi connectivity index (χ0n) is 16.2. The molecular weight excluding hydrogens is 461 g/mol. The minimum absolute atomic E-state index is 0.0405. The SMILES string of the molecule is O=C(NN=Cc1c(F)cccc1Cl)c1ccc(C(=O)NN=Cc2c(F)cccc2Cl)cc1. The molecule has 2 N–H and O–H groups in total. The van der Waals surface area contributed by atoms with Crippen LogP contribution in [0.1, 0.15) is 31.8 Å². The molecule has 0 aliphatic carbocycles. The number of hydrogen-bond donors (Lipinski definition) is 2. The van der Waals surface area contributed by atoms with Crippen molar-refractivity contribution in [3.05, 3.63) is 105 Å². The molecule has 10 heteroatoms. The van der Waals surface area contributed by atoms with Crippen LogP contribution in [-0.2, 0) is 0 Å². The quantitative estimate of drug-likeness (QED) is 0.397. The van der Waals surface area contributed by atoms with Gasteiger partial charge >= 0.3 is 0 Å². The Morgan fingerprint density at radius 3 is 1.41 bits per heavy atom. The fourth-order valence-corrected chi connectivity index (χ4v) is 2.90. The van der Waals surface area contributed by atoms with E-state index < -0.39 is 23.4 Å². The lowest BCUT2D eigenvalue weighted by molar-refractivity contribution is 0.0943. The van der Waals surface area contributed by atoms with Crippen LogP contribution in [0, 0.1) is 11.6 Å². The topological polar surface area (TPSA) is 82.9 Å². The highest BCUT2D eigenvalue weighted by Crippen LogP contribution is 2.17. The first-order valence-electron chi connectivity index (χ1n) is 9.01. The third-order valence-electron chi connectivity index (χ3n) is 4.13. The maximum Gasteiger partial charge on any atom is 0.271 e. The number of amides is 2. The van der Waals surface area contributed by atoms with E-state index in [9.17, 15) is 18.4 Å². The van der Waals surface area contributed by atoms with Crippen LogP contribution in [0.2, 0.25) is 10.0 Å². The summed E-state index contributed by atoms with van der Waals surface area (Å²) in [6, 6.07) is 13.9. The van der Waals surface area contributed by atoms with Crippen LogP contribution in [0.25, 0.3) is 0 Å². The molecule has 0 unspecified atom stereocenters. The highest BCUT2D eigenvalue weighted by Gasteiger charge is 2.09. The molecule has 3 aromatic rings. The average molecular weight is 475 g/mol. The number of carbonyl (C=O) groups is 2.